The highest BCUT2D eigenvalue weighted by atomic mass is 32.1. The minimum atomic E-state index is 0.955. The summed E-state index contributed by atoms with van der Waals surface area (Å²) in [5.74, 6) is 0. The van der Waals surface area contributed by atoms with E-state index in [4.69, 9.17) is 0 Å². The average Bonchev–Trinajstić information content (AvgIpc) is 2.68. The highest BCUT2D eigenvalue weighted by Gasteiger charge is 2.11. The monoisotopic (exact) mass is 225 g/mol. The molecule has 0 bridgehead atoms. The van der Waals surface area contributed by atoms with Crippen molar-refractivity contribution in [2.75, 3.05) is 25.0 Å². The minimum Gasteiger partial charge on any atom is -0.362 e. The van der Waals surface area contributed by atoms with Gasteiger partial charge in [0.25, 0.3) is 0 Å². The number of likely N-dealkylation sites (tertiary alicyclic amines) is 1. The van der Waals surface area contributed by atoms with Crippen LogP contribution < -0.4 is 5.32 Å². The van der Waals surface area contributed by atoms with E-state index in [0.717, 1.165) is 18.2 Å². The third-order valence-electron chi connectivity index (χ3n) is 2.71. The summed E-state index contributed by atoms with van der Waals surface area (Å²) in [7, 11) is 0. The number of nitrogens with one attached hydrogen (secondary N) is 1. The van der Waals surface area contributed by atoms with Crippen LogP contribution in [0.3, 0.4) is 0 Å². The average molecular weight is 225 g/mol. The van der Waals surface area contributed by atoms with Crippen LogP contribution in [0.15, 0.2) is 6.20 Å². The Labute approximate surface area is 95.5 Å². The molecule has 1 aromatic heterocycles. The van der Waals surface area contributed by atoms with Crippen LogP contribution in [0.5, 0.6) is 0 Å². The van der Waals surface area contributed by atoms with Gasteiger partial charge in [0, 0.05) is 24.2 Å². The van der Waals surface area contributed by atoms with Gasteiger partial charge >= 0.3 is 0 Å². The zero-order chi connectivity index (χ0) is 10.5. The Morgan fingerprint density at radius 3 is 2.93 bits per heavy atom. The van der Waals surface area contributed by atoms with Crippen LogP contribution in [0, 0.1) is 0 Å². The van der Waals surface area contributed by atoms with Gasteiger partial charge in [-0.25, -0.2) is 4.98 Å². The van der Waals surface area contributed by atoms with E-state index in [-0.39, 0.29) is 0 Å². The zero-order valence-corrected chi connectivity index (χ0v) is 10.1. The van der Waals surface area contributed by atoms with Crippen molar-refractivity contribution in [3.8, 4) is 0 Å². The molecule has 1 aromatic rings. The summed E-state index contributed by atoms with van der Waals surface area (Å²) in [5.41, 5.74) is 0. The van der Waals surface area contributed by atoms with Crippen LogP contribution in [0.1, 0.15) is 31.1 Å². The first-order valence-corrected chi connectivity index (χ1v) is 6.61. The number of rotatable bonds is 4. The molecule has 0 saturated carbocycles. The van der Waals surface area contributed by atoms with Gasteiger partial charge in [0.1, 0.15) is 0 Å². The van der Waals surface area contributed by atoms with Crippen molar-refractivity contribution in [1.82, 2.24) is 9.88 Å². The SMILES string of the molecule is CCNc1ncc(CN2CCCCC2)s1. The summed E-state index contributed by atoms with van der Waals surface area (Å²) in [5, 5.41) is 4.31. The fourth-order valence-corrected chi connectivity index (χ4v) is 2.87. The molecule has 0 unspecified atom stereocenters. The molecule has 0 spiro atoms. The Morgan fingerprint density at radius 1 is 1.40 bits per heavy atom. The molecule has 3 nitrogen and oxygen atoms in total. The maximum absolute atomic E-state index is 4.35. The third kappa shape index (κ3) is 3.18. The molecule has 84 valence electrons. The number of piperidine rings is 1. The lowest BCUT2D eigenvalue weighted by atomic mass is 10.1. The van der Waals surface area contributed by atoms with Crippen molar-refractivity contribution in [3.05, 3.63) is 11.1 Å². The molecule has 15 heavy (non-hydrogen) atoms. The van der Waals surface area contributed by atoms with Crippen LogP contribution >= 0.6 is 11.3 Å². The molecule has 2 heterocycles. The molecule has 2 rings (SSSR count). The second kappa shape index (κ2) is 5.47. The van der Waals surface area contributed by atoms with Crippen LogP contribution in [0.25, 0.3) is 0 Å². The van der Waals surface area contributed by atoms with Gasteiger partial charge in [0.2, 0.25) is 0 Å². The van der Waals surface area contributed by atoms with Gasteiger partial charge in [-0.2, -0.15) is 0 Å². The molecule has 1 fully saturated rings. The lowest BCUT2D eigenvalue weighted by Gasteiger charge is -2.25. The number of aromatic nitrogens is 1. The Morgan fingerprint density at radius 2 is 2.20 bits per heavy atom. The molecule has 0 amide bonds. The summed E-state index contributed by atoms with van der Waals surface area (Å²) >= 11 is 1.79. The highest BCUT2D eigenvalue weighted by Crippen LogP contribution is 2.21. The van der Waals surface area contributed by atoms with Gasteiger partial charge in [-0.15, -0.1) is 11.3 Å². The van der Waals surface area contributed by atoms with Crippen molar-refractivity contribution in [2.24, 2.45) is 0 Å². The van der Waals surface area contributed by atoms with Crippen LogP contribution in [-0.4, -0.2) is 29.5 Å². The summed E-state index contributed by atoms with van der Waals surface area (Å²) in [6.07, 6.45) is 6.14. The maximum Gasteiger partial charge on any atom is 0.182 e. The molecular weight excluding hydrogens is 206 g/mol. The molecular formula is C11H19N3S. The predicted molar refractivity (Wildman–Crippen MR) is 65.4 cm³/mol. The van der Waals surface area contributed by atoms with E-state index in [1.807, 2.05) is 6.20 Å². The number of nitrogens with zero attached hydrogens (tertiary/aromatic N) is 2. The van der Waals surface area contributed by atoms with Crippen molar-refractivity contribution >= 4 is 16.5 Å². The quantitative estimate of drug-likeness (QED) is 0.853. The normalized spacial score (nSPS) is 17.9. The second-order valence-corrected chi connectivity index (χ2v) is 5.11. The maximum atomic E-state index is 4.35. The Kier molecular flexibility index (Phi) is 3.97. The molecule has 1 saturated heterocycles. The lowest BCUT2D eigenvalue weighted by molar-refractivity contribution is 0.222. The van der Waals surface area contributed by atoms with Crippen LogP contribution in [0.4, 0.5) is 5.13 Å². The third-order valence-corrected chi connectivity index (χ3v) is 3.65. The smallest absolute Gasteiger partial charge is 0.182 e. The van der Waals surface area contributed by atoms with Gasteiger partial charge in [-0.05, 0) is 32.9 Å². The van der Waals surface area contributed by atoms with E-state index in [1.165, 1.54) is 37.2 Å². The van der Waals surface area contributed by atoms with Gasteiger partial charge < -0.3 is 5.32 Å². The predicted octanol–water partition coefficient (Wildman–Crippen LogP) is 2.56. The Hall–Kier alpha value is -0.610. The van der Waals surface area contributed by atoms with Crippen LogP contribution in [0.2, 0.25) is 0 Å². The first-order valence-electron chi connectivity index (χ1n) is 5.79. The zero-order valence-electron chi connectivity index (χ0n) is 9.33. The van der Waals surface area contributed by atoms with E-state index in [2.05, 4.69) is 22.1 Å². The summed E-state index contributed by atoms with van der Waals surface area (Å²) in [6, 6.07) is 0. The molecule has 0 aliphatic carbocycles. The molecule has 0 radical (unpaired) electrons. The first kappa shape index (κ1) is 10.9. The number of anilines is 1. The van der Waals surface area contributed by atoms with Crippen LogP contribution in [-0.2, 0) is 6.54 Å². The van der Waals surface area contributed by atoms with Crippen molar-refractivity contribution in [1.29, 1.82) is 0 Å². The number of hydrogen-bond donors (Lipinski definition) is 1. The molecule has 4 heteroatoms. The summed E-state index contributed by atoms with van der Waals surface area (Å²) in [6.45, 7) is 6.66. The molecule has 1 aliphatic heterocycles. The second-order valence-electron chi connectivity index (χ2n) is 4.00. The lowest BCUT2D eigenvalue weighted by Crippen LogP contribution is -2.28. The van der Waals surface area contributed by atoms with E-state index < -0.39 is 0 Å². The summed E-state index contributed by atoms with van der Waals surface area (Å²) in [4.78, 5) is 8.27. The Balaban J connectivity index is 1.86. The van der Waals surface area contributed by atoms with Gasteiger partial charge in [0.05, 0.1) is 0 Å². The van der Waals surface area contributed by atoms with Crippen molar-refractivity contribution < 1.29 is 0 Å². The minimum absolute atomic E-state index is 0.955. The van der Waals surface area contributed by atoms with E-state index in [9.17, 15) is 0 Å². The fraction of sp³-hybridized carbons (Fsp3) is 0.727. The topological polar surface area (TPSA) is 28.2 Å². The Bertz CT molecular complexity index is 292. The standard InChI is InChI=1S/C11H19N3S/c1-2-12-11-13-8-10(15-11)9-14-6-4-3-5-7-14/h8H,2-7,9H2,1H3,(H,12,13). The molecule has 0 aromatic carbocycles. The van der Waals surface area contributed by atoms with Gasteiger partial charge in [0.15, 0.2) is 5.13 Å². The molecule has 0 atom stereocenters. The van der Waals surface area contributed by atoms with Crippen molar-refractivity contribution in [3.63, 3.8) is 0 Å². The largest absolute Gasteiger partial charge is 0.362 e. The van der Waals surface area contributed by atoms with E-state index >= 15 is 0 Å². The van der Waals surface area contributed by atoms with E-state index in [1.54, 1.807) is 11.3 Å². The number of thiazole rings is 1. The first-order chi connectivity index (χ1) is 7.38. The fourth-order valence-electron chi connectivity index (χ4n) is 1.95. The van der Waals surface area contributed by atoms with E-state index in [0.29, 0.717) is 0 Å². The van der Waals surface area contributed by atoms with Gasteiger partial charge in [-0.1, -0.05) is 6.42 Å². The van der Waals surface area contributed by atoms with Gasteiger partial charge in [-0.3, -0.25) is 4.90 Å². The molecule has 1 aliphatic rings. The summed E-state index contributed by atoms with van der Waals surface area (Å²) < 4.78 is 0. The number of hydrogen-bond acceptors (Lipinski definition) is 4. The van der Waals surface area contributed by atoms with Crippen molar-refractivity contribution in [2.45, 2.75) is 32.7 Å². The highest BCUT2D eigenvalue weighted by molar-refractivity contribution is 7.15. The molecule has 1 N–H and O–H groups in total.